The van der Waals surface area contributed by atoms with Gasteiger partial charge in [0.05, 0.1) is 23.2 Å². The molecule has 1 aromatic carbocycles. The summed E-state index contributed by atoms with van der Waals surface area (Å²) in [4.78, 5) is 43.6. The van der Waals surface area contributed by atoms with E-state index in [1.807, 2.05) is 24.3 Å². The highest BCUT2D eigenvalue weighted by Crippen LogP contribution is 2.67. The first-order chi connectivity index (χ1) is 15.8. The van der Waals surface area contributed by atoms with Gasteiger partial charge in [-0.1, -0.05) is 15.9 Å². The number of carbonyl (C=O) groups excluding carboxylic acids is 3. The van der Waals surface area contributed by atoms with Gasteiger partial charge in [0, 0.05) is 48.1 Å². The lowest BCUT2D eigenvalue weighted by Crippen LogP contribution is -2.53. The van der Waals surface area contributed by atoms with Crippen molar-refractivity contribution in [3.8, 4) is 0 Å². The predicted octanol–water partition coefficient (Wildman–Crippen LogP) is 1.67. The summed E-state index contributed by atoms with van der Waals surface area (Å²) in [6.07, 6.45) is 0.618. The Hall–Kier alpha value is -1.78. The van der Waals surface area contributed by atoms with Gasteiger partial charge in [0.25, 0.3) is 0 Å². The van der Waals surface area contributed by atoms with Crippen molar-refractivity contribution in [2.75, 3.05) is 43.5 Å². The van der Waals surface area contributed by atoms with E-state index in [0.717, 1.165) is 18.8 Å². The van der Waals surface area contributed by atoms with Crippen LogP contribution in [0.1, 0.15) is 20.3 Å². The topological polar surface area (TPSA) is 102 Å². The smallest absolute Gasteiger partial charge is 0.248 e. The van der Waals surface area contributed by atoms with E-state index in [1.54, 1.807) is 18.8 Å². The molecule has 3 aliphatic heterocycles. The normalized spacial score (nSPS) is 32.1. The van der Waals surface area contributed by atoms with Gasteiger partial charge in [-0.25, -0.2) is 0 Å². The SMILES string of the molecule is CCN(CC)c1ccc(NC(=O)C2N(CCO)C(=O)[C@@H]3[C@H](C(=O)NC)[C@H]4SC23CC4Br)cc1. The van der Waals surface area contributed by atoms with Crippen molar-refractivity contribution in [3.63, 3.8) is 0 Å². The molecule has 4 rings (SSSR count). The van der Waals surface area contributed by atoms with Crippen LogP contribution in [0.15, 0.2) is 24.3 Å². The molecule has 1 aromatic rings. The third-order valence-electron chi connectivity index (χ3n) is 7.19. The maximum Gasteiger partial charge on any atom is 0.248 e. The van der Waals surface area contributed by atoms with E-state index in [0.29, 0.717) is 12.1 Å². The minimum Gasteiger partial charge on any atom is -0.395 e. The molecule has 10 heteroatoms. The summed E-state index contributed by atoms with van der Waals surface area (Å²) >= 11 is 5.29. The van der Waals surface area contributed by atoms with Crippen molar-refractivity contribution in [1.29, 1.82) is 0 Å². The molecule has 3 amide bonds. The molecule has 33 heavy (non-hydrogen) atoms. The number of aliphatic hydroxyl groups excluding tert-OH is 1. The number of rotatable bonds is 8. The van der Waals surface area contributed by atoms with Gasteiger partial charge in [-0.15, -0.1) is 11.8 Å². The second-order valence-electron chi connectivity index (χ2n) is 8.74. The zero-order valence-corrected chi connectivity index (χ0v) is 21.5. The minimum atomic E-state index is -0.755. The van der Waals surface area contributed by atoms with Crippen molar-refractivity contribution in [2.45, 2.75) is 41.1 Å². The van der Waals surface area contributed by atoms with Crippen molar-refractivity contribution in [2.24, 2.45) is 11.8 Å². The Labute approximate surface area is 207 Å². The Balaban J connectivity index is 1.63. The summed E-state index contributed by atoms with van der Waals surface area (Å²) in [6.45, 7) is 5.80. The zero-order valence-electron chi connectivity index (χ0n) is 19.1. The number of amides is 3. The number of alkyl halides is 1. The predicted molar refractivity (Wildman–Crippen MR) is 134 cm³/mol. The maximum absolute atomic E-state index is 13.6. The molecule has 3 N–H and O–H groups in total. The van der Waals surface area contributed by atoms with Crippen molar-refractivity contribution < 1.29 is 19.5 Å². The monoisotopic (exact) mass is 538 g/mol. The molecule has 3 unspecified atom stereocenters. The second kappa shape index (κ2) is 9.46. The lowest BCUT2D eigenvalue weighted by atomic mass is 9.70. The molecule has 3 aliphatic rings. The van der Waals surface area contributed by atoms with Gasteiger partial charge < -0.3 is 25.5 Å². The number of halogens is 1. The van der Waals surface area contributed by atoms with Gasteiger partial charge in [-0.3, -0.25) is 14.4 Å². The summed E-state index contributed by atoms with van der Waals surface area (Å²) in [5.74, 6) is -1.75. The summed E-state index contributed by atoms with van der Waals surface area (Å²) in [5.41, 5.74) is 1.73. The number of β-amino-alcohol motifs (C(OH)–C–C–N with tert-alkyl or cyclic N) is 1. The Morgan fingerprint density at radius 3 is 2.48 bits per heavy atom. The average molecular weight is 539 g/mol. The van der Waals surface area contributed by atoms with Gasteiger partial charge in [0.1, 0.15) is 6.04 Å². The number of aliphatic hydroxyl groups is 1. The van der Waals surface area contributed by atoms with Gasteiger partial charge in [0.15, 0.2) is 0 Å². The summed E-state index contributed by atoms with van der Waals surface area (Å²) in [6, 6.07) is 6.93. The largest absolute Gasteiger partial charge is 0.395 e. The Morgan fingerprint density at radius 2 is 1.91 bits per heavy atom. The minimum absolute atomic E-state index is 0.0339. The van der Waals surface area contributed by atoms with E-state index < -0.39 is 22.6 Å². The van der Waals surface area contributed by atoms with Crippen LogP contribution in [-0.2, 0) is 14.4 Å². The van der Waals surface area contributed by atoms with E-state index >= 15 is 0 Å². The summed E-state index contributed by atoms with van der Waals surface area (Å²) < 4.78 is -0.701. The maximum atomic E-state index is 13.6. The molecule has 3 fully saturated rings. The van der Waals surface area contributed by atoms with Crippen molar-refractivity contribution >= 4 is 56.8 Å². The molecule has 180 valence electrons. The van der Waals surface area contributed by atoms with Gasteiger partial charge >= 0.3 is 0 Å². The average Bonchev–Trinajstić information content (AvgIpc) is 3.39. The highest BCUT2D eigenvalue weighted by molar-refractivity contribution is 9.09. The summed E-state index contributed by atoms with van der Waals surface area (Å²) in [5, 5.41) is 15.3. The summed E-state index contributed by atoms with van der Waals surface area (Å²) in [7, 11) is 1.58. The lowest BCUT2D eigenvalue weighted by Gasteiger charge is -2.35. The van der Waals surface area contributed by atoms with Crippen LogP contribution in [0.3, 0.4) is 0 Å². The lowest BCUT2D eigenvalue weighted by molar-refractivity contribution is -0.139. The standard InChI is InChI=1S/C23H31BrN4O4S/c1-4-27(5-2)14-8-6-13(7-9-14)26-21(31)19-23-12-15(24)18(33-23)16(20(30)25-3)17(23)22(32)28(19)10-11-29/h6-9,15-19,29H,4-5,10-12H2,1-3H3,(H,25,30)(H,26,31)/t15?,16-,17-,18-,19?,23?/m0/s1. The van der Waals surface area contributed by atoms with E-state index in [9.17, 15) is 19.5 Å². The highest BCUT2D eigenvalue weighted by Gasteiger charge is 2.75. The molecule has 3 heterocycles. The first-order valence-electron chi connectivity index (χ1n) is 11.4. The molecule has 3 saturated heterocycles. The fraction of sp³-hybridized carbons (Fsp3) is 0.609. The molecular formula is C23H31BrN4O4S. The molecular weight excluding hydrogens is 508 g/mol. The van der Waals surface area contributed by atoms with E-state index in [-0.39, 0.29) is 41.0 Å². The Kier molecular flexibility index (Phi) is 6.98. The van der Waals surface area contributed by atoms with Gasteiger partial charge in [0.2, 0.25) is 17.7 Å². The number of nitrogens with one attached hydrogen (secondary N) is 2. The van der Waals surface area contributed by atoms with Gasteiger partial charge in [-0.05, 0) is 44.5 Å². The second-order valence-corrected chi connectivity index (χ2v) is 11.5. The fourth-order valence-corrected chi connectivity index (χ4v) is 9.41. The molecule has 0 radical (unpaired) electrons. The van der Waals surface area contributed by atoms with Crippen LogP contribution < -0.4 is 15.5 Å². The number of fused-ring (bicyclic) bond motifs is 1. The van der Waals surface area contributed by atoms with Gasteiger partial charge in [-0.2, -0.15) is 0 Å². The molecule has 1 spiro atoms. The number of carbonyl (C=O) groups is 3. The number of hydrogen-bond acceptors (Lipinski definition) is 6. The van der Waals surface area contributed by atoms with Crippen LogP contribution >= 0.6 is 27.7 Å². The van der Waals surface area contributed by atoms with Crippen LogP contribution in [-0.4, -0.2) is 81.9 Å². The molecule has 0 aromatic heterocycles. The van der Waals surface area contributed by atoms with Crippen molar-refractivity contribution in [3.05, 3.63) is 24.3 Å². The van der Waals surface area contributed by atoms with E-state index in [2.05, 4.69) is 45.3 Å². The van der Waals surface area contributed by atoms with Crippen LogP contribution in [0, 0.1) is 11.8 Å². The van der Waals surface area contributed by atoms with Crippen LogP contribution in [0.4, 0.5) is 11.4 Å². The quantitative estimate of drug-likeness (QED) is 0.435. The number of benzene rings is 1. The molecule has 0 aliphatic carbocycles. The number of likely N-dealkylation sites (tertiary alicyclic amines) is 1. The van der Waals surface area contributed by atoms with Crippen LogP contribution in [0.2, 0.25) is 0 Å². The third kappa shape index (κ3) is 3.83. The first-order valence-corrected chi connectivity index (χ1v) is 13.2. The number of thioether (sulfide) groups is 1. The third-order valence-corrected chi connectivity index (χ3v) is 10.4. The Morgan fingerprint density at radius 1 is 1.24 bits per heavy atom. The molecule has 8 nitrogen and oxygen atoms in total. The molecule has 2 bridgehead atoms. The van der Waals surface area contributed by atoms with Crippen molar-refractivity contribution in [1.82, 2.24) is 10.2 Å². The molecule has 0 saturated carbocycles. The number of anilines is 2. The first kappa shape index (κ1) is 24.3. The van der Waals surface area contributed by atoms with E-state index in [1.165, 1.54) is 4.90 Å². The zero-order chi connectivity index (χ0) is 23.9. The van der Waals surface area contributed by atoms with E-state index in [4.69, 9.17) is 0 Å². The highest BCUT2D eigenvalue weighted by atomic mass is 79.9. The number of nitrogens with zero attached hydrogens (tertiary/aromatic N) is 2. The van der Waals surface area contributed by atoms with Crippen LogP contribution in [0.5, 0.6) is 0 Å². The van der Waals surface area contributed by atoms with Crippen LogP contribution in [0.25, 0.3) is 0 Å². The number of hydrogen-bond donors (Lipinski definition) is 3. The Bertz CT molecular complexity index is 928. The fourth-order valence-electron chi connectivity index (χ4n) is 5.80. The molecule has 6 atom stereocenters.